The maximum absolute atomic E-state index is 4.81. The quantitative estimate of drug-likeness (QED) is 0.263. The van der Waals surface area contributed by atoms with E-state index in [9.17, 15) is 0 Å². The molecule has 6 heteroatoms. The molecule has 0 radical (unpaired) electrons. The first kappa shape index (κ1) is 26.4. The van der Waals surface area contributed by atoms with E-state index in [2.05, 4.69) is 58.9 Å². The lowest BCUT2D eigenvalue weighted by molar-refractivity contribution is 0.311. The van der Waals surface area contributed by atoms with Crippen LogP contribution < -0.4 is 5.32 Å². The second-order valence-electron chi connectivity index (χ2n) is 6.52. The monoisotopic (exact) mass is 446 g/mol. The number of rotatable bonds is 10. The molecule has 0 aliphatic heterocycles. The molecule has 2 heterocycles. The van der Waals surface area contributed by atoms with Crippen molar-refractivity contribution in [1.82, 2.24) is 14.9 Å². The Balaban J connectivity index is 0.00000106. The lowest BCUT2D eigenvalue weighted by atomic mass is 10.2. The zero-order valence-electron chi connectivity index (χ0n) is 19.2. The molecule has 0 spiro atoms. The van der Waals surface area contributed by atoms with Crippen LogP contribution in [0, 0.1) is 0 Å². The second kappa shape index (κ2) is 16.1. The summed E-state index contributed by atoms with van der Waals surface area (Å²) in [6, 6.07) is 10.4. The molecule has 0 fully saturated rings. The van der Waals surface area contributed by atoms with Gasteiger partial charge in [0.1, 0.15) is 11.6 Å². The molecule has 0 atom stereocenters. The number of thiol groups is 1. The summed E-state index contributed by atoms with van der Waals surface area (Å²) < 4.78 is 0. The van der Waals surface area contributed by atoms with Crippen LogP contribution in [-0.4, -0.2) is 34.2 Å². The number of unbranched alkanes of at least 4 members (excludes halogenated alkanes) is 2. The van der Waals surface area contributed by atoms with Gasteiger partial charge >= 0.3 is 0 Å². The number of nitrogens with zero attached hydrogens (tertiary/aromatic N) is 3. The summed E-state index contributed by atoms with van der Waals surface area (Å²) in [5, 5.41) is 8.91. The van der Waals surface area contributed by atoms with Gasteiger partial charge in [-0.2, -0.15) is 24.0 Å². The van der Waals surface area contributed by atoms with Crippen molar-refractivity contribution in [2.75, 3.05) is 24.7 Å². The van der Waals surface area contributed by atoms with Crippen molar-refractivity contribution < 1.29 is 0 Å². The normalized spacial score (nSPS) is 10.2. The topological polar surface area (TPSA) is 41.1 Å². The average molecular weight is 447 g/mol. The summed E-state index contributed by atoms with van der Waals surface area (Å²) in [5.41, 5.74) is 2.33. The van der Waals surface area contributed by atoms with Crippen LogP contribution in [0.1, 0.15) is 58.3 Å². The number of nitrogens with one attached hydrogen (secondary N) is 1. The Morgan fingerprint density at radius 1 is 0.967 bits per heavy atom. The summed E-state index contributed by atoms with van der Waals surface area (Å²) in [4.78, 5) is 11.8. The van der Waals surface area contributed by atoms with E-state index in [0.29, 0.717) is 0 Å². The number of thiophene rings is 1. The van der Waals surface area contributed by atoms with Gasteiger partial charge in [-0.25, -0.2) is 9.97 Å². The van der Waals surface area contributed by atoms with E-state index in [4.69, 9.17) is 9.97 Å². The Kier molecular flexibility index (Phi) is 14.2. The highest BCUT2D eigenvalue weighted by Gasteiger charge is 2.10. The van der Waals surface area contributed by atoms with E-state index in [0.717, 1.165) is 60.8 Å². The third-order valence-corrected chi connectivity index (χ3v) is 5.27. The summed E-state index contributed by atoms with van der Waals surface area (Å²) in [6.45, 7) is 10.6. The van der Waals surface area contributed by atoms with E-state index in [1.807, 2.05) is 39.8 Å². The molecule has 3 rings (SSSR count). The standard InChI is InChI=1S/C20H26N4S2.2C2H6/c1-24(13-16-9-12-26-15-16)14-19-22-18-8-4-3-7-17(18)20(23-19)21-10-5-2-6-11-25;2*1-2/h3-4,7-9,12,15,25H,2,5-6,10-11,13-14H2,1H3,(H,21,22,23);2*1-2H3. The number of hydrogen-bond donors (Lipinski definition) is 2. The molecule has 166 valence electrons. The fourth-order valence-electron chi connectivity index (χ4n) is 2.94. The third kappa shape index (κ3) is 9.02. The van der Waals surface area contributed by atoms with E-state index in [-0.39, 0.29) is 0 Å². The number of hydrogen-bond acceptors (Lipinski definition) is 6. The highest BCUT2D eigenvalue weighted by atomic mass is 32.1. The maximum atomic E-state index is 4.81. The highest BCUT2D eigenvalue weighted by molar-refractivity contribution is 7.80. The molecule has 1 aromatic carbocycles. The van der Waals surface area contributed by atoms with Crippen molar-refractivity contribution in [1.29, 1.82) is 0 Å². The molecule has 1 N–H and O–H groups in total. The molecule has 30 heavy (non-hydrogen) atoms. The predicted molar refractivity (Wildman–Crippen MR) is 138 cm³/mol. The first-order valence-electron chi connectivity index (χ1n) is 11.1. The predicted octanol–water partition coefficient (Wildman–Crippen LogP) is 6.89. The molecular weight excluding hydrogens is 408 g/mol. The van der Waals surface area contributed by atoms with Gasteiger partial charge in [0.05, 0.1) is 12.1 Å². The Labute approximate surface area is 192 Å². The molecular formula is C24H38N4S2. The molecule has 0 unspecified atom stereocenters. The largest absolute Gasteiger partial charge is 0.369 e. The van der Waals surface area contributed by atoms with Crippen LogP contribution in [0.5, 0.6) is 0 Å². The number of fused-ring (bicyclic) bond motifs is 1. The number of aromatic nitrogens is 2. The Morgan fingerprint density at radius 3 is 2.43 bits per heavy atom. The summed E-state index contributed by atoms with van der Waals surface area (Å²) in [7, 11) is 2.11. The third-order valence-electron chi connectivity index (χ3n) is 4.22. The van der Waals surface area contributed by atoms with E-state index < -0.39 is 0 Å². The van der Waals surface area contributed by atoms with Gasteiger partial charge < -0.3 is 5.32 Å². The minimum atomic E-state index is 0.731. The van der Waals surface area contributed by atoms with Gasteiger partial charge in [-0.1, -0.05) is 46.2 Å². The van der Waals surface area contributed by atoms with Crippen LogP contribution in [0.15, 0.2) is 41.1 Å². The molecule has 4 nitrogen and oxygen atoms in total. The number of anilines is 1. The van der Waals surface area contributed by atoms with Crippen LogP contribution in [0.25, 0.3) is 10.9 Å². The van der Waals surface area contributed by atoms with Gasteiger partial charge in [-0.3, -0.25) is 4.90 Å². The summed E-state index contributed by atoms with van der Waals surface area (Å²) >= 11 is 6.01. The average Bonchev–Trinajstić information content (AvgIpc) is 3.29. The van der Waals surface area contributed by atoms with Crippen LogP contribution in [0.2, 0.25) is 0 Å². The molecule has 0 amide bonds. The van der Waals surface area contributed by atoms with Crippen molar-refractivity contribution in [3.05, 3.63) is 52.5 Å². The van der Waals surface area contributed by atoms with Crippen molar-refractivity contribution >= 4 is 40.7 Å². The van der Waals surface area contributed by atoms with Crippen molar-refractivity contribution in [2.24, 2.45) is 0 Å². The van der Waals surface area contributed by atoms with E-state index >= 15 is 0 Å². The Bertz CT molecular complexity index is 806. The molecule has 0 aliphatic rings. The Hall–Kier alpha value is -1.63. The molecule has 0 bridgehead atoms. The van der Waals surface area contributed by atoms with Gasteiger partial charge in [0, 0.05) is 18.5 Å². The first-order valence-corrected chi connectivity index (χ1v) is 12.6. The second-order valence-corrected chi connectivity index (χ2v) is 7.75. The molecule has 0 aliphatic carbocycles. The first-order chi connectivity index (χ1) is 14.8. The number of benzene rings is 1. The molecule has 0 saturated carbocycles. The molecule has 0 saturated heterocycles. The fourth-order valence-corrected chi connectivity index (χ4v) is 3.83. The van der Waals surface area contributed by atoms with Crippen LogP contribution in [-0.2, 0) is 13.1 Å². The van der Waals surface area contributed by atoms with Crippen molar-refractivity contribution in [2.45, 2.75) is 60.0 Å². The summed E-state index contributed by atoms with van der Waals surface area (Å²) in [6.07, 6.45) is 3.48. The van der Waals surface area contributed by atoms with Gasteiger partial charge in [-0.05, 0) is 60.2 Å². The van der Waals surface area contributed by atoms with Gasteiger partial charge in [0.15, 0.2) is 0 Å². The van der Waals surface area contributed by atoms with Gasteiger partial charge in [0.2, 0.25) is 0 Å². The van der Waals surface area contributed by atoms with Crippen LogP contribution in [0.4, 0.5) is 5.82 Å². The minimum Gasteiger partial charge on any atom is -0.369 e. The maximum Gasteiger partial charge on any atom is 0.145 e. The van der Waals surface area contributed by atoms with Crippen molar-refractivity contribution in [3.63, 3.8) is 0 Å². The SMILES string of the molecule is CC.CC.CN(Cc1ccsc1)Cc1nc(NCCCCCS)c2ccccc2n1. The van der Waals surface area contributed by atoms with Gasteiger partial charge in [0.25, 0.3) is 0 Å². The van der Waals surface area contributed by atoms with Crippen LogP contribution in [0.3, 0.4) is 0 Å². The highest BCUT2D eigenvalue weighted by Crippen LogP contribution is 2.21. The van der Waals surface area contributed by atoms with E-state index in [1.165, 1.54) is 12.0 Å². The number of para-hydroxylation sites is 1. The fraction of sp³-hybridized carbons (Fsp3) is 0.500. The van der Waals surface area contributed by atoms with Crippen LogP contribution >= 0.6 is 24.0 Å². The molecule has 2 aromatic heterocycles. The summed E-state index contributed by atoms with van der Waals surface area (Å²) in [5.74, 6) is 2.76. The lowest BCUT2D eigenvalue weighted by Crippen LogP contribution is -2.19. The van der Waals surface area contributed by atoms with Crippen molar-refractivity contribution in [3.8, 4) is 0 Å². The van der Waals surface area contributed by atoms with E-state index in [1.54, 1.807) is 11.3 Å². The zero-order chi connectivity index (χ0) is 22.2. The minimum absolute atomic E-state index is 0.731. The molecule has 3 aromatic rings. The van der Waals surface area contributed by atoms with Gasteiger partial charge in [-0.15, -0.1) is 0 Å². The zero-order valence-corrected chi connectivity index (χ0v) is 20.9. The Morgan fingerprint density at radius 2 is 1.73 bits per heavy atom. The smallest absolute Gasteiger partial charge is 0.145 e. The lowest BCUT2D eigenvalue weighted by Gasteiger charge is -2.16.